The SMILES string of the molecule is CC(=O)Nc1cccc2c1CCN(C(=O)NCCc1cc(Cl)c3c(c1)OCCO3)C2. The zero-order valence-corrected chi connectivity index (χ0v) is 17.6. The lowest BCUT2D eigenvalue weighted by Gasteiger charge is -2.30. The molecule has 2 heterocycles. The third-order valence-electron chi connectivity index (χ3n) is 5.21. The van der Waals surface area contributed by atoms with Gasteiger partial charge in [0, 0.05) is 32.2 Å². The molecule has 3 amide bonds. The Kier molecular flexibility index (Phi) is 5.99. The number of nitrogens with zero attached hydrogens (tertiary/aromatic N) is 1. The minimum atomic E-state index is -0.103. The summed E-state index contributed by atoms with van der Waals surface area (Å²) in [6, 6.07) is 9.45. The van der Waals surface area contributed by atoms with Gasteiger partial charge in [0.05, 0.1) is 5.02 Å². The molecule has 2 aliphatic heterocycles. The normalized spacial score (nSPS) is 14.7. The predicted molar refractivity (Wildman–Crippen MR) is 114 cm³/mol. The highest BCUT2D eigenvalue weighted by Crippen LogP contribution is 2.38. The average molecular weight is 430 g/mol. The first-order chi connectivity index (χ1) is 14.5. The van der Waals surface area contributed by atoms with Crippen LogP contribution in [0.2, 0.25) is 5.02 Å². The number of hydrogen-bond acceptors (Lipinski definition) is 4. The lowest BCUT2D eigenvalue weighted by atomic mass is 9.98. The molecule has 0 fully saturated rings. The largest absolute Gasteiger partial charge is 0.486 e. The molecule has 2 N–H and O–H groups in total. The molecule has 4 rings (SSSR count). The van der Waals surface area contributed by atoms with Gasteiger partial charge in [-0.15, -0.1) is 0 Å². The molecule has 7 nitrogen and oxygen atoms in total. The van der Waals surface area contributed by atoms with E-state index in [9.17, 15) is 9.59 Å². The maximum Gasteiger partial charge on any atom is 0.317 e. The summed E-state index contributed by atoms with van der Waals surface area (Å²) in [6.07, 6.45) is 1.34. The maximum absolute atomic E-state index is 12.6. The second-order valence-corrected chi connectivity index (χ2v) is 7.79. The standard InChI is InChI=1S/C22H24ClN3O4/c1-14(27)25-19-4-2-3-16-13-26(8-6-17(16)19)22(28)24-7-5-15-11-18(23)21-20(12-15)29-9-10-30-21/h2-4,11-12H,5-10,13H2,1H3,(H,24,28)(H,25,27). The number of halogens is 1. The van der Waals surface area contributed by atoms with Crippen molar-refractivity contribution in [1.29, 1.82) is 0 Å². The van der Waals surface area contributed by atoms with Crippen molar-refractivity contribution >= 4 is 29.2 Å². The topological polar surface area (TPSA) is 79.9 Å². The van der Waals surface area contributed by atoms with E-state index in [2.05, 4.69) is 10.6 Å². The average Bonchev–Trinajstić information content (AvgIpc) is 2.73. The Hall–Kier alpha value is -2.93. The summed E-state index contributed by atoms with van der Waals surface area (Å²) in [7, 11) is 0. The Morgan fingerprint density at radius 2 is 2.03 bits per heavy atom. The number of rotatable bonds is 4. The van der Waals surface area contributed by atoms with Gasteiger partial charge in [-0.25, -0.2) is 4.79 Å². The third kappa shape index (κ3) is 4.46. The molecule has 158 valence electrons. The van der Waals surface area contributed by atoms with Gasteiger partial charge in [0.1, 0.15) is 13.2 Å². The zero-order valence-electron chi connectivity index (χ0n) is 16.8. The fourth-order valence-corrected chi connectivity index (χ4v) is 4.11. The zero-order chi connectivity index (χ0) is 21.1. The molecular formula is C22H24ClN3O4. The van der Waals surface area contributed by atoms with Gasteiger partial charge < -0.3 is 25.0 Å². The first-order valence-electron chi connectivity index (χ1n) is 10.0. The summed E-state index contributed by atoms with van der Waals surface area (Å²) in [6.45, 7) is 4.10. The molecule has 0 radical (unpaired) electrons. The Bertz CT molecular complexity index is 979. The highest BCUT2D eigenvalue weighted by molar-refractivity contribution is 6.32. The molecule has 8 heteroatoms. The van der Waals surface area contributed by atoms with Gasteiger partial charge in [-0.2, -0.15) is 0 Å². The van der Waals surface area contributed by atoms with E-state index >= 15 is 0 Å². The van der Waals surface area contributed by atoms with Crippen LogP contribution in [-0.4, -0.2) is 43.1 Å². The van der Waals surface area contributed by atoms with Crippen LogP contribution >= 0.6 is 11.6 Å². The number of nitrogens with one attached hydrogen (secondary N) is 2. The number of fused-ring (bicyclic) bond motifs is 2. The van der Waals surface area contributed by atoms with Gasteiger partial charge >= 0.3 is 6.03 Å². The second kappa shape index (κ2) is 8.83. The number of benzene rings is 2. The van der Waals surface area contributed by atoms with E-state index in [4.69, 9.17) is 21.1 Å². The number of carbonyl (C=O) groups is 2. The summed E-state index contributed by atoms with van der Waals surface area (Å²) in [4.78, 5) is 25.8. The molecule has 0 aromatic heterocycles. The van der Waals surface area contributed by atoms with Gasteiger partial charge in [0.15, 0.2) is 11.5 Å². The summed E-state index contributed by atoms with van der Waals surface area (Å²) in [5.41, 5.74) is 3.97. The van der Waals surface area contributed by atoms with E-state index in [0.29, 0.717) is 62.2 Å². The van der Waals surface area contributed by atoms with E-state index in [-0.39, 0.29) is 11.9 Å². The fraction of sp³-hybridized carbons (Fsp3) is 0.364. The van der Waals surface area contributed by atoms with Crippen molar-refractivity contribution in [2.45, 2.75) is 26.3 Å². The smallest absolute Gasteiger partial charge is 0.317 e. The van der Waals surface area contributed by atoms with Crippen LogP contribution in [0.25, 0.3) is 0 Å². The highest BCUT2D eigenvalue weighted by Gasteiger charge is 2.23. The molecule has 0 atom stereocenters. The molecule has 0 aliphatic carbocycles. The van der Waals surface area contributed by atoms with Crippen molar-refractivity contribution in [3.05, 3.63) is 52.0 Å². The van der Waals surface area contributed by atoms with Gasteiger partial charge in [0.2, 0.25) is 5.91 Å². The Morgan fingerprint density at radius 3 is 2.87 bits per heavy atom. The number of carbonyl (C=O) groups excluding carboxylic acids is 2. The Labute approximate surface area is 180 Å². The Balaban J connectivity index is 1.33. The van der Waals surface area contributed by atoms with Gasteiger partial charge in [-0.1, -0.05) is 23.7 Å². The fourth-order valence-electron chi connectivity index (χ4n) is 3.82. The number of ether oxygens (including phenoxy) is 2. The van der Waals surface area contributed by atoms with Crippen LogP contribution in [0, 0.1) is 0 Å². The van der Waals surface area contributed by atoms with Crippen LogP contribution < -0.4 is 20.1 Å². The van der Waals surface area contributed by atoms with Gasteiger partial charge in [-0.05, 0) is 47.7 Å². The van der Waals surface area contributed by atoms with Crippen molar-refractivity contribution < 1.29 is 19.1 Å². The van der Waals surface area contributed by atoms with Crippen LogP contribution in [0.15, 0.2) is 30.3 Å². The van der Waals surface area contributed by atoms with E-state index in [1.54, 1.807) is 4.90 Å². The lowest BCUT2D eigenvalue weighted by Crippen LogP contribution is -2.43. The molecule has 0 spiro atoms. The molecule has 30 heavy (non-hydrogen) atoms. The molecule has 0 saturated heterocycles. The molecule has 2 aromatic carbocycles. The van der Waals surface area contributed by atoms with Crippen molar-refractivity contribution in [1.82, 2.24) is 10.2 Å². The van der Waals surface area contributed by atoms with Crippen LogP contribution in [0.3, 0.4) is 0 Å². The molecular weight excluding hydrogens is 406 g/mol. The van der Waals surface area contributed by atoms with Crippen LogP contribution in [0.5, 0.6) is 11.5 Å². The van der Waals surface area contributed by atoms with Crippen molar-refractivity contribution in [2.24, 2.45) is 0 Å². The van der Waals surface area contributed by atoms with Crippen molar-refractivity contribution in [2.75, 3.05) is 31.6 Å². The summed E-state index contributed by atoms with van der Waals surface area (Å²) >= 11 is 6.28. The number of urea groups is 1. The summed E-state index contributed by atoms with van der Waals surface area (Å²) in [5, 5.41) is 6.37. The number of hydrogen-bond donors (Lipinski definition) is 2. The second-order valence-electron chi connectivity index (χ2n) is 7.38. The van der Waals surface area contributed by atoms with E-state index in [1.807, 2.05) is 30.3 Å². The van der Waals surface area contributed by atoms with Gasteiger partial charge in [0.25, 0.3) is 0 Å². The molecule has 2 aliphatic rings. The first kappa shape index (κ1) is 20.3. The number of amides is 3. The molecule has 0 saturated carbocycles. The highest BCUT2D eigenvalue weighted by atomic mass is 35.5. The minimum absolute atomic E-state index is 0.0946. The van der Waals surface area contributed by atoms with Crippen molar-refractivity contribution in [3.8, 4) is 11.5 Å². The molecule has 0 bridgehead atoms. The molecule has 2 aromatic rings. The van der Waals surface area contributed by atoms with Crippen LogP contribution in [0.4, 0.5) is 10.5 Å². The predicted octanol–water partition coefficient (Wildman–Crippen LogP) is 3.38. The van der Waals surface area contributed by atoms with Crippen molar-refractivity contribution in [3.63, 3.8) is 0 Å². The third-order valence-corrected chi connectivity index (χ3v) is 5.49. The summed E-state index contributed by atoms with van der Waals surface area (Å²) < 4.78 is 11.1. The quantitative estimate of drug-likeness (QED) is 0.780. The van der Waals surface area contributed by atoms with E-state index in [0.717, 1.165) is 22.4 Å². The summed E-state index contributed by atoms with van der Waals surface area (Å²) in [5.74, 6) is 1.14. The van der Waals surface area contributed by atoms with Gasteiger partial charge in [-0.3, -0.25) is 4.79 Å². The lowest BCUT2D eigenvalue weighted by molar-refractivity contribution is -0.114. The van der Waals surface area contributed by atoms with E-state index < -0.39 is 0 Å². The monoisotopic (exact) mass is 429 g/mol. The van der Waals surface area contributed by atoms with E-state index in [1.165, 1.54) is 6.92 Å². The Morgan fingerprint density at radius 1 is 1.20 bits per heavy atom. The van der Waals surface area contributed by atoms with Crippen LogP contribution in [0.1, 0.15) is 23.6 Å². The maximum atomic E-state index is 12.6. The molecule has 0 unspecified atom stereocenters. The van der Waals surface area contributed by atoms with Crippen LogP contribution in [-0.2, 0) is 24.2 Å². The minimum Gasteiger partial charge on any atom is -0.486 e. The number of anilines is 1. The first-order valence-corrected chi connectivity index (χ1v) is 10.4.